The Morgan fingerprint density at radius 1 is 1.29 bits per heavy atom. The summed E-state index contributed by atoms with van der Waals surface area (Å²) in [4.78, 5) is 10.4. The zero-order chi connectivity index (χ0) is 10.6. The number of hydrogen-bond donors (Lipinski definition) is 1. The Morgan fingerprint density at radius 2 is 1.86 bits per heavy atom. The summed E-state index contributed by atoms with van der Waals surface area (Å²) in [5, 5.41) is 0. The van der Waals surface area contributed by atoms with E-state index in [0.29, 0.717) is 6.29 Å². The van der Waals surface area contributed by atoms with Gasteiger partial charge in [0.1, 0.15) is 6.29 Å². The van der Waals surface area contributed by atoms with Crippen LogP contribution in [0.15, 0.2) is 35.2 Å². The fraction of sp³-hybridized carbons (Fsp3) is 0.222. The van der Waals surface area contributed by atoms with E-state index >= 15 is 0 Å². The van der Waals surface area contributed by atoms with E-state index in [9.17, 15) is 13.2 Å². The molecule has 0 aromatic heterocycles. The van der Waals surface area contributed by atoms with E-state index in [1.807, 2.05) is 0 Å². The molecule has 4 nitrogen and oxygen atoms in total. The zero-order valence-electron chi connectivity index (χ0n) is 7.67. The maximum atomic E-state index is 11.5. The molecule has 1 rings (SSSR count). The molecule has 5 heteroatoms. The number of hydrogen-bond acceptors (Lipinski definition) is 3. The van der Waals surface area contributed by atoms with Crippen molar-refractivity contribution in [2.75, 3.05) is 0 Å². The molecule has 0 aliphatic rings. The van der Waals surface area contributed by atoms with Crippen LogP contribution >= 0.6 is 0 Å². The van der Waals surface area contributed by atoms with Crippen LogP contribution in [0.1, 0.15) is 6.92 Å². The van der Waals surface area contributed by atoms with E-state index in [2.05, 4.69) is 4.72 Å². The monoisotopic (exact) mass is 213 g/mol. The molecule has 1 N–H and O–H groups in total. The molecule has 1 aromatic rings. The van der Waals surface area contributed by atoms with E-state index in [1.165, 1.54) is 19.1 Å². The average molecular weight is 213 g/mol. The van der Waals surface area contributed by atoms with Crippen LogP contribution in [-0.4, -0.2) is 20.7 Å². The molecule has 0 heterocycles. The Bertz CT molecular complexity index is 399. The Morgan fingerprint density at radius 3 is 2.36 bits per heavy atom. The minimum atomic E-state index is -3.55. The molecule has 0 aliphatic carbocycles. The van der Waals surface area contributed by atoms with Crippen LogP contribution in [-0.2, 0) is 14.8 Å². The smallest absolute Gasteiger partial charge is 0.241 e. The van der Waals surface area contributed by atoms with Gasteiger partial charge in [-0.1, -0.05) is 18.2 Å². The van der Waals surface area contributed by atoms with Crippen LogP contribution in [0, 0.1) is 0 Å². The number of rotatable bonds is 4. The van der Waals surface area contributed by atoms with E-state index in [1.54, 1.807) is 18.2 Å². The first-order valence-corrected chi connectivity index (χ1v) is 5.57. The summed E-state index contributed by atoms with van der Waals surface area (Å²) in [5.41, 5.74) is 0. The van der Waals surface area contributed by atoms with Gasteiger partial charge in [-0.05, 0) is 19.1 Å². The number of sulfonamides is 1. The number of aldehydes is 1. The second-order valence-corrected chi connectivity index (χ2v) is 4.57. The van der Waals surface area contributed by atoms with Gasteiger partial charge in [-0.2, -0.15) is 0 Å². The van der Waals surface area contributed by atoms with Crippen LogP contribution < -0.4 is 4.72 Å². The largest absolute Gasteiger partial charge is 0.302 e. The van der Waals surface area contributed by atoms with E-state index < -0.39 is 16.1 Å². The molecule has 76 valence electrons. The van der Waals surface area contributed by atoms with Crippen molar-refractivity contribution in [3.8, 4) is 0 Å². The maximum Gasteiger partial charge on any atom is 0.241 e. The lowest BCUT2D eigenvalue weighted by atomic mass is 10.4. The highest BCUT2D eigenvalue weighted by atomic mass is 32.2. The van der Waals surface area contributed by atoms with Crippen LogP contribution in [0.3, 0.4) is 0 Å². The van der Waals surface area contributed by atoms with Gasteiger partial charge >= 0.3 is 0 Å². The molecular weight excluding hydrogens is 202 g/mol. The van der Waals surface area contributed by atoms with Crippen molar-refractivity contribution >= 4 is 16.3 Å². The first kappa shape index (κ1) is 10.9. The number of nitrogens with one attached hydrogen (secondary N) is 1. The third-order valence-corrected chi connectivity index (χ3v) is 3.17. The van der Waals surface area contributed by atoms with Crippen molar-refractivity contribution in [3.05, 3.63) is 30.3 Å². The summed E-state index contributed by atoms with van der Waals surface area (Å²) in [6.45, 7) is 1.48. The highest BCUT2D eigenvalue weighted by molar-refractivity contribution is 7.89. The van der Waals surface area contributed by atoms with Crippen molar-refractivity contribution < 1.29 is 13.2 Å². The number of carbonyl (C=O) groups excluding carboxylic acids is 1. The topological polar surface area (TPSA) is 63.2 Å². The average Bonchev–Trinajstić information content (AvgIpc) is 2.18. The first-order valence-electron chi connectivity index (χ1n) is 4.09. The van der Waals surface area contributed by atoms with Gasteiger partial charge in [0.2, 0.25) is 10.0 Å². The van der Waals surface area contributed by atoms with Crippen molar-refractivity contribution in [1.29, 1.82) is 0 Å². The summed E-state index contributed by atoms with van der Waals surface area (Å²) in [6.07, 6.45) is 0.542. The fourth-order valence-corrected chi connectivity index (χ4v) is 2.14. The highest BCUT2D eigenvalue weighted by Gasteiger charge is 2.15. The molecule has 0 amide bonds. The predicted octanol–water partition coefficient (Wildman–Crippen LogP) is 0.552. The molecule has 0 spiro atoms. The summed E-state index contributed by atoms with van der Waals surface area (Å²) < 4.78 is 25.3. The van der Waals surface area contributed by atoms with E-state index in [0.717, 1.165) is 0 Å². The predicted molar refractivity (Wildman–Crippen MR) is 52.3 cm³/mol. The quantitative estimate of drug-likeness (QED) is 0.743. The second-order valence-electron chi connectivity index (χ2n) is 2.86. The van der Waals surface area contributed by atoms with Gasteiger partial charge < -0.3 is 4.79 Å². The Labute approximate surface area is 83.0 Å². The second kappa shape index (κ2) is 4.34. The molecule has 0 saturated carbocycles. The van der Waals surface area contributed by atoms with Gasteiger partial charge in [-0.15, -0.1) is 0 Å². The van der Waals surface area contributed by atoms with Crippen LogP contribution in [0.2, 0.25) is 0 Å². The van der Waals surface area contributed by atoms with Crippen molar-refractivity contribution in [1.82, 2.24) is 4.72 Å². The fourth-order valence-electron chi connectivity index (χ4n) is 0.940. The van der Waals surface area contributed by atoms with Gasteiger partial charge in [0.25, 0.3) is 0 Å². The summed E-state index contributed by atoms with van der Waals surface area (Å²) in [5.74, 6) is 0. The van der Waals surface area contributed by atoms with Crippen molar-refractivity contribution in [2.24, 2.45) is 0 Å². The standard InChI is InChI=1S/C9H11NO3S/c1-8(7-11)10-14(12,13)9-5-3-2-4-6-9/h2-8,10H,1H3. The van der Waals surface area contributed by atoms with Crippen molar-refractivity contribution in [2.45, 2.75) is 17.9 Å². The lowest BCUT2D eigenvalue weighted by molar-refractivity contribution is -0.108. The molecule has 1 atom stereocenters. The van der Waals surface area contributed by atoms with Crippen molar-refractivity contribution in [3.63, 3.8) is 0 Å². The third-order valence-electron chi connectivity index (χ3n) is 1.60. The van der Waals surface area contributed by atoms with Crippen LogP contribution in [0.4, 0.5) is 0 Å². The maximum absolute atomic E-state index is 11.5. The number of carbonyl (C=O) groups is 1. The first-order chi connectivity index (χ1) is 6.56. The summed E-state index contributed by atoms with van der Waals surface area (Å²) >= 11 is 0. The molecule has 0 bridgehead atoms. The van der Waals surface area contributed by atoms with E-state index in [4.69, 9.17) is 0 Å². The summed E-state index contributed by atoms with van der Waals surface area (Å²) in [7, 11) is -3.55. The number of benzene rings is 1. The minimum absolute atomic E-state index is 0.161. The van der Waals surface area contributed by atoms with Crippen LogP contribution in [0.5, 0.6) is 0 Å². The molecule has 0 fully saturated rings. The highest BCUT2D eigenvalue weighted by Crippen LogP contribution is 2.07. The lowest BCUT2D eigenvalue weighted by Crippen LogP contribution is -2.33. The minimum Gasteiger partial charge on any atom is -0.302 e. The van der Waals surface area contributed by atoms with Gasteiger partial charge in [-0.3, -0.25) is 0 Å². The van der Waals surface area contributed by atoms with Gasteiger partial charge in [0.05, 0.1) is 10.9 Å². The van der Waals surface area contributed by atoms with Gasteiger partial charge in [0, 0.05) is 0 Å². The Balaban J connectivity index is 2.92. The molecule has 0 aliphatic heterocycles. The normalized spacial score (nSPS) is 13.5. The third kappa shape index (κ3) is 2.65. The Hall–Kier alpha value is -1.20. The molecule has 14 heavy (non-hydrogen) atoms. The molecule has 0 saturated heterocycles. The van der Waals surface area contributed by atoms with E-state index in [-0.39, 0.29) is 4.90 Å². The summed E-state index contributed by atoms with van der Waals surface area (Å²) in [6, 6.07) is 7.21. The van der Waals surface area contributed by atoms with Gasteiger partial charge in [0.15, 0.2) is 0 Å². The SMILES string of the molecule is CC(C=O)NS(=O)(=O)c1ccccc1. The molecule has 0 radical (unpaired) electrons. The van der Waals surface area contributed by atoms with Gasteiger partial charge in [-0.25, -0.2) is 13.1 Å². The zero-order valence-corrected chi connectivity index (χ0v) is 8.49. The van der Waals surface area contributed by atoms with Crippen LogP contribution in [0.25, 0.3) is 0 Å². The molecule has 1 aromatic carbocycles. The Kier molecular flexibility index (Phi) is 3.38. The molecular formula is C9H11NO3S. The lowest BCUT2D eigenvalue weighted by Gasteiger charge is -2.07. The molecule has 1 unspecified atom stereocenters.